The van der Waals surface area contributed by atoms with Gasteiger partial charge in [-0.3, -0.25) is 13.9 Å². The van der Waals surface area contributed by atoms with Gasteiger partial charge in [0.05, 0.1) is 22.0 Å². The summed E-state index contributed by atoms with van der Waals surface area (Å²) in [5.41, 5.74) is 1.47. The van der Waals surface area contributed by atoms with E-state index in [2.05, 4.69) is 5.32 Å². The Bertz CT molecular complexity index is 1160. The Kier molecular flexibility index (Phi) is 10.1. The first kappa shape index (κ1) is 28.2. The fraction of sp³-hybridized carbons (Fsp3) is 0.391. The van der Waals surface area contributed by atoms with Gasteiger partial charge in [-0.15, -0.1) is 0 Å². The molecule has 0 aliphatic heterocycles. The van der Waals surface area contributed by atoms with Crippen molar-refractivity contribution in [1.82, 2.24) is 10.2 Å². The van der Waals surface area contributed by atoms with E-state index in [9.17, 15) is 18.0 Å². The van der Waals surface area contributed by atoms with Gasteiger partial charge in [0, 0.05) is 18.1 Å². The molecule has 0 fully saturated rings. The third-order valence-electron chi connectivity index (χ3n) is 5.26. The Balaban J connectivity index is 2.50. The molecule has 0 aliphatic rings. The quantitative estimate of drug-likeness (QED) is 0.468. The molecule has 0 spiro atoms. The van der Waals surface area contributed by atoms with Crippen LogP contribution in [0.2, 0.25) is 15.1 Å². The molecule has 2 rings (SSSR count). The van der Waals surface area contributed by atoms with Crippen LogP contribution < -0.4 is 9.62 Å². The maximum absolute atomic E-state index is 13.6. The largest absolute Gasteiger partial charge is 0.355 e. The van der Waals surface area contributed by atoms with E-state index in [1.807, 2.05) is 0 Å². The zero-order valence-corrected chi connectivity index (χ0v) is 22.5. The van der Waals surface area contributed by atoms with Gasteiger partial charge in [-0.1, -0.05) is 53.9 Å². The monoisotopic (exact) mass is 547 g/mol. The van der Waals surface area contributed by atoms with Crippen LogP contribution >= 0.6 is 34.8 Å². The van der Waals surface area contributed by atoms with E-state index in [4.69, 9.17) is 34.8 Å². The van der Waals surface area contributed by atoms with Crippen molar-refractivity contribution in [2.45, 2.75) is 39.8 Å². The Hall–Kier alpha value is -2.00. The minimum Gasteiger partial charge on any atom is -0.355 e. The second-order valence-electron chi connectivity index (χ2n) is 7.74. The van der Waals surface area contributed by atoms with Crippen molar-refractivity contribution in [1.29, 1.82) is 0 Å². The number of hydrogen-bond donors (Lipinski definition) is 1. The number of anilines is 1. The molecule has 1 N–H and O–H groups in total. The van der Waals surface area contributed by atoms with E-state index in [1.165, 1.54) is 4.90 Å². The predicted octanol–water partition coefficient (Wildman–Crippen LogP) is 4.66. The van der Waals surface area contributed by atoms with Gasteiger partial charge in [-0.25, -0.2) is 8.42 Å². The summed E-state index contributed by atoms with van der Waals surface area (Å²) in [6, 6.07) is 8.95. The smallest absolute Gasteiger partial charge is 0.244 e. The van der Waals surface area contributed by atoms with Gasteiger partial charge in [0.1, 0.15) is 12.6 Å². The van der Waals surface area contributed by atoms with Crippen molar-refractivity contribution in [3.8, 4) is 0 Å². The van der Waals surface area contributed by atoms with E-state index >= 15 is 0 Å². The molecule has 0 unspecified atom stereocenters. The number of nitrogens with one attached hydrogen (secondary N) is 1. The maximum atomic E-state index is 13.6. The standard InChI is InChI=1S/C23H28Cl3N3O4S/c1-5-20(23(31)27-6-2)28(13-16-10-11-18(25)19(26)12-16)22(30)14-29(34(4,32)33)21-9-7-8-17(24)15(21)3/h7-12,20H,5-6,13-14H2,1-4H3,(H,27,31)/t20-/m0/s1. The number of halogens is 3. The number of nitrogens with zero attached hydrogens (tertiary/aromatic N) is 2. The highest BCUT2D eigenvalue weighted by atomic mass is 35.5. The van der Waals surface area contributed by atoms with Crippen molar-refractivity contribution in [3.05, 3.63) is 62.6 Å². The normalized spacial score (nSPS) is 12.2. The first-order chi connectivity index (χ1) is 15.9. The first-order valence-corrected chi connectivity index (χ1v) is 13.6. The molecule has 0 radical (unpaired) electrons. The molecule has 2 aromatic carbocycles. The summed E-state index contributed by atoms with van der Waals surface area (Å²) in [6.07, 6.45) is 1.35. The van der Waals surface area contributed by atoms with Crippen LogP contribution in [0.15, 0.2) is 36.4 Å². The molecule has 0 saturated carbocycles. The number of carbonyl (C=O) groups excluding carboxylic acids is 2. The predicted molar refractivity (Wildman–Crippen MR) is 138 cm³/mol. The molecule has 11 heteroatoms. The lowest BCUT2D eigenvalue weighted by Gasteiger charge is -2.33. The number of sulfonamides is 1. The maximum Gasteiger partial charge on any atom is 0.244 e. The van der Waals surface area contributed by atoms with Crippen molar-refractivity contribution in [2.24, 2.45) is 0 Å². The van der Waals surface area contributed by atoms with E-state index < -0.39 is 28.5 Å². The van der Waals surface area contributed by atoms with Gasteiger partial charge in [-0.2, -0.15) is 0 Å². The molecule has 0 heterocycles. The SMILES string of the molecule is CCNC(=O)[C@H](CC)N(Cc1ccc(Cl)c(Cl)c1)C(=O)CN(c1cccc(Cl)c1C)S(C)(=O)=O. The highest BCUT2D eigenvalue weighted by Gasteiger charge is 2.32. The zero-order valence-electron chi connectivity index (χ0n) is 19.4. The highest BCUT2D eigenvalue weighted by Crippen LogP contribution is 2.29. The van der Waals surface area contributed by atoms with Crippen molar-refractivity contribution < 1.29 is 18.0 Å². The first-order valence-electron chi connectivity index (χ1n) is 10.6. The summed E-state index contributed by atoms with van der Waals surface area (Å²) in [6.45, 7) is 5.17. The molecular formula is C23H28Cl3N3O4S. The minimum absolute atomic E-state index is 0.0392. The summed E-state index contributed by atoms with van der Waals surface area (Å²) in [5.74, 6) is -0.878. The average molecular weight is 549 g/mol. The molecule has 2 aromatic rings. The number of hydrogen-bond acceptors (Lipinski definition) is 4. The van der Waals surface area contributed by atoms with Crippen LogP contribution in [0, 0.1) is 6.92 Å². The van der Waals surface area contributed by atoms with Gasteiger partial charge < -0.3 is 10.2 Å². The van der Waals surface area contributed by atoms with Gasteiger partial charge in [0.2, 0.25) is 21.8 Å². The molecule has 7 nitrogen and oxygen atoms in total. The second-order valence-corrected chi connectivity index (χ2v) is 10.9. The van der Waals surface area contributed by atoms with Crippen LogP contribution in [0.4, 0.5) is 5.69 Å². The van der Waals surface area contributed by atoms with Gasteiger partial charge >= 0.3 is 0 Å². The average Bonchev–Trinajstić information content (AvgIpc) is 2.76. The number of amides is 2. The summed E-state index contributed by atoms with van der Waals surface area (Å²) < 4.78 is 26.3. The number of likely N-dealkylation sites (N-methyl/N-ethyl adjacent to an activating group) is 1. The van der Waals surface area contributed by atoms with E-state index in [0.717, 1.165) is 10.6 Å². The van der Waals surface area contributed by atoms with Crippen LogP contribution in [0.1, 0.15) is 31.4 Å². The highest BCUT2D eigenvalue weighted by molar-refractivity contribution is 7.92. The van der Waals surface area contributed by atoms with Crippen molar-refractivity contribution in [2.75, 3.05) is 23.7 Å². The lowest BCUT2D eigenvalue weighted by atomic mass is 10.1. The Morgan fingerprint density at radius 3 is 2.26 bits per heavy atom. The third-order valence-corrected chi connectivity index (χ3v) is 7.54. The van der Waals surface area contributed by atoms with E-state index in [0.29, 0.717) is 44.8 Å². The summed E-state index contributed by atoms with van der Waals surface area (Å²) >= 11 is 18.4. The van der Waals surface area contributed by atoms with Crippen LogP contribution in [0.3, 0.4) is 0 Å². The van der Waals surface area contributed by atoms with Crippen LogP contribution in [-0.4, -0.2) is 50.5 Å². The van der Waals surface area contributed by atoms with Gasteiger partial charge in [-0.05, 0) is 55.7 Å². The molecule has 2 amide bonds. The lowest BCUT2D eigenvalue weighted by Crippen LogP contribution is -2.52. The number of rotatable bonds is 10. The Morgan fingerprint density at radius 1 is 1.03 bits per heavy atom. The van der Waals surface area contributed by atoms with E-state index in [1.54, 1.807) is 57.2 Å². The zero-order chi connectivity index (χ0) is 25.6. The lowest BCUT2D eigenvalue weighted by molar-refractivity contribution is -0.140. The van der Waals surface area contributed by atoms with Crippen molar-refractivity contribution in [3.63, 3.8) is 0 Å². The van der Waals surface area contributed by atoms with Gasteiger partial charge in [0.15, 0.2) is 0 Å². The van der Waals surface area contributed by atoms with Crippen LogP contribution in [-0.2, 0) is 26.2 Å². The number of carbonyl (C=O) groups is 2. The fourth-order valence-electron chi connectivity index (χ4n) is 3.51. The van der Waals surface area contributed by atoms with Crippen LogP contribution in [0.25, 0.3) is 0 Å². The fourth-order valence-corrected chi connectivity index (χ4v) is 4.90. The summed E-state index contributed by atoms with van der Waals surface area (Å²) in [7, 11) is -3.85. The molecule has 0 bridgehead atoms. The molecule has 0 saturated heterocycles. The molecular weight excluding hydrogens is 521 g/mol. The molecule has 186 valence electrons. The minimum atomic E-state index is -3.85. The number of benzene rings is 2. The molecule has 1 atom stereocenters. The Labute approximate surface area is 216 Å². The van der Waals surface area contributed by atoms with E-state index in [-0.39, 0.29) is 12.5 Å². The van der Waals surface area contributed by atoms with Gasteiger partial charge in [0.25, 0.3) is 0 Å². The second kappa shape index (κ2) is 12.1. The molecule has 0 aromatic heterocycles. The summed E-state index contributed by atoms with van der Waals surface area (Å²) in [4.78, 5) is 27.7. The Morgan fingerprint density at radius 2 is 1.71 bits per heavy atom. The topological polar surface area (TPSA) is 86.8 Å². The van der Waals surface area contributed by atoms with Crippen molar-refractivity contribution >= 4 is 62.3 Å². The third kappa shape index (κ3) is 7.01. The molecule has 34 heavy (non-hydrogen) atoms. The van der Waals surface area contributed by atoms with Crippen LogP contribution in [0.5, 0.6) is 0 Å². The molecule has 0 aliphatic carbocycles. The summed E-state index contributed by atoms with van der Waals surface area (Å²) in [5, 5.41) is 3.79.